The highest BCUT2D eigenvalue weighted by Crippen LogP contribution is 1.92. The van der Waals surface area contributed by atoms with E-state index in [1.165, 1.54) is 10.9 Å². The molecule has 0 saturated heterocycles. The Morgan fingerprint density at radius 1 is 1.50 bits per heavy atom. The van der Waals surface area contributed by atoms with E-state index < -0.39 is 17.9 Å². The number of hydrogen-bond donors (Lipinski definition) is 4. The molecule has 1 unspecified atom stereocenters. The van der Waals surface area contributed by atoms with Gasteiger partial charge in [-0.15, -0.1) is 5.10 Å². The summed E-state index contributed by atoms with van der Waals surface area (Å²) in [6.07, 6.45) is 1.32. The summed E-state index contributed by atoms with van der Waals surface area (Å²) in [5.74, 6) is -1.66. The quantitative estimate of drug-likeness (QED) is 0.480. The number of nitrogens with zero attached hydrogens (tertiary/aromatic N) is 3. The lowest BCUT2D eigenvalue weighted by Gasteiger charge is -2.12. The first-order chi connectivity index (χ1) is 9.38. The number of rotatable bonds is 7. The van der Waals surface area contributed by atoms with Crippen LogP contribution >= 0.6 is 0 Å². The largest absolute Gasteiger partial charge is 0.476 e. The number of nitrogens with one attached hydrogen (secondary N) is 2. The number of aromatic carboxylic acids is 1. The monoisotopic (exact) mass is 284 g/mol. The number of carbonyl (C=O) groups is 3. The SMILES string of the molecule is CC(CC(N)=O)NC(=O)NCCn1cc(C(=O)O)nn1. The number of carboxylic acids is 1. The molecule has 5 N–H and O–H groups in total. The predicted octanol–water partition coefficient (Wildman–Crippen LogP) is -1.46. The Kier molecular flexibility index (Phi) is 5.44. The lowest BCUT2D eigenvalue weighted by Crippen LogP contribution is -2.43. The first-order valence-corrected chi connectivity index (χ1v) is 5.84. The Hall–Kier alpha value is -2.65. The fourth-order valence-electron chi connectivity index (χ4n) is 1.42. The van der Waals surface area contributed by atoms with Crippen molar-refractivity contribution in [1.29, 1.82) is 0 Å². The van der Waals surface area contributed by atoms with Crippen LogP contribution in [0.3, 0.4) is 0 Å². The summed E-state index contributed by atoms with van der Waals surface area (Å²) < 4.78 is 1.30. The molecule has 0 fully saturated rings. The van der Waals surface area contributed by atoms with Crippen molar-refractivity contribution in [1.82, 2.24) is 25.6 Å². The molecular weight excluding hydrogens is 268 g/mol. The fourth-order valence-corrected chi connectivity index (χ4v) is 1.42. The zero-order valence-corrected chi connectivity index (χ0v) is 10.9. The molecule has 1 heterocycles. The molecular formula is C10H16N6O4. The Morgan fingerprint density at radius 3 is 2.75 bits per heavy atom. The highest BCUT2D eigenvalue weighted by molar-refractivity contribution is 5.84. The van der Waals surface area contributed by atoms with E-state index in [0.29, 0.717) is 0 Å². The van der Waals surface area contributed by atoms with Gasteiger partial charge in [0.15, 0.2) is 5.69 Å². The van der Waals surface area contributed by atoms with Crippen molar-refractivity contribution >= 4 is 17.9 Å². The Balaban J connectivity index is 2.27. The van der Waals surface area contributed by atoms with Crippen LogP contribution in [0.25, 0.3) is 0 Å². The first kappa shape index (κ1) is 15.4. The summed E-state index contributed by atoms with van der Waals surface area (Å²) in [5.41, 5.74) is 4.83. The molecule has 0 aliphatic rings. The van der Waals surface area contributed by atoms with Crippen molar-refractivity contribution in [2.75, 3.05) is 6.54 Å². The second-order valence-electron chi connectivity index (χ2n) is 4.14. The van der Waals surface area contributed by atoms with E-state index in [-0.39, 0.29) is 31.2 Å². The number of primary amides is 1. The second-order valence-corrected chi connectivity index (χ2v) is 4.14. The maximum atomic E-state index is 11.4. The lowest BCUT2D eigenvalue weighted by atomic mass is 10.2. The van der Waals surface area contributed by atoms with Gasteiger partial charge in [-0.3, -0.25) is 4.79 Å². The van der Waals surface area contributed by atoms with Gasteiger partial charge in [0.25, 0.3) is 0 Å². The third-order valence-electron chi connectivity index (χ3n) is 2.27. The minimum atomic E-state index is -1.16. The molecule has 3 amide bonds. The Morgan fingerprint density at radius 2 is 2.20 bits per heavy atom. The van der Waals surface area contributed by atoms with Gasteiger partial charge in [-0.1, -0.05) is 5.21 Å². The minimum absolute atomic E-state index is 0.0540. The van der Waals surface area contributed by atoms with Gasteiger partial charge in [-0.25, -0.2) is 14.3 Å². The van der Waals surface area contributed by atoms with Gasteiger partial charge in [0.2, 0.25) is 5.91 Å². The number of amides is 3. The van der Waals surface area contributed by atoms with Gasteiger partial charge < -0.3 is 21.5 Å². The van der Waals surface area contributed by atoms with Crippen LogP contribution < -0.4 is 16.4 Å². The summed E-state index contributed by atoms with van der Waals surface area (Å²) in [7, 11) is 0. The number of urea groups is 1. The van der Waals surface area contributed by atoms with E-state index in [1.54, 1.807) is 6.92 Å². The molecule has 0 aliphatic heterocycles. The van der Waals surface area contributed by atoms with E-state index in [9.17, 15) is 14.4 Å². The highest BCUT2D eigenvalue weighted by atomic mass is 16.4. The molecule has 10 heteroatoms. The summed E-state index contributed by atoms with van der Waals surface area (Å²) in [6, 6.07) is -0.810. The fraction of sp³-hybridized carbons (Fsp3) is 0.500. The zero-order valence-electron chi connectivity index (χ0n) is 10.9. The van der Waals surface area contributed by atoms with Gasteiger partial charge in [0.05, 0.1) is 12.7 Å². The first-order valence-electron chi connectivity index (χ1n) is 5.84. The molecule has 0 bridgehead atoms. The summed E-state index contributed by atoms with van der Waals surface area (Å²) >= 11 is 0. The van der Waals surface area contributed by atoms with Gasteiger partial charge in [0.1, 0.15) is 0 Å². The van der Waals surface area contributed by atoms with Crippen molar-refractivity contribution in [2.24, 2.45) is 5.73 Å². The van der Waals surface area contributed by atoms with Crippen LogP contribution in [-0.4, -0.2) is 50.6 Å². The maximum Gasteiger partial charge on any atom is 0.358 e. The third kappa shape index (κ3) is 5.33. The second kappa shape index (κ2) is 7.07. The molecule has 1 aromatic heterocycles. The molecule has 0 spiro atoms. The number of aromatic nitrogens is 3. The molecule has 0 aliphatic carbocycles. The van der Waals surface area contributed by atoms with Gasteiger partial charge >= 0.3 is 12.0 Å². The molecule has 0 radical (unpaired) electrons. The molecule has 10 nitrogen and oxygen atoms in total. The molecule has 110 valence electrons. The predicted molar refractivity (Wildman–Crippen MR) is 66.8 cm³/mol. The lowest BCUT2D eigenvalue weighted by molar-refractivity contribution is -0.118. The van der Waals surface area contributed by atoms with Gasteiger partial charge in [0, 0.05) is 19.0 Å². The van der Waals surface area contributed by atoms with E-state index in [2.05, 4.69) is 20.9 Å². The van der Waals surface area contributed by atoms with Crippen molar-refractivity contribution in [3.63, 3.8) is 0 Å². The van der Waals surface area contributed by atoms with E-state index in [0.717, 1.165) is 0 Å². The van der Waals surface area contributed by atoms with Crippen LogP contribution in [0.15, 0.2) is 6.20 Å². The van der Waals surface area contributed by atoms with Gasteiger partial charge in [-0.05, 0) is 6.92 Å². The standard InChI is InChI=1S/C10H16N6O4/c1-6(4-8(11)17)13-10(20)12-2-3-16-5-7(9(18)19)14-15-16/h5-6H,2-4H2,1H3,(H2,11,17)(H,18,19)(H2,12,13,20). The molecule has 1 aromatic rings. The van der Waals surface area contributed by atoms with Crippen molar-refractivity contribution < 1.29 is 19.5 Å². The zero-order chi connectivity index (χ0) is 15.1. The topological polar surface area (TPSA) is 152 Å². The van der Waals surface area contributed by atoms with Gasteiger partial charge in [-0.2, -0.15) is 0 Å². The Bertz CT molecular complexity index is 500. The highest BCUT2D eigenvalue weighted by Gasteiger charge is 2.10. The Labute approximate surface area is 114 Å². The number of carboxylic acid groups (broad SMARTS) is 1. The molecule has 1 atom stereocenters. The number of nitrogens with two attached hydrogens (primary N) is 1. The molecule has 0 aromatic carbocycles. The van der Waals surface area contributed by atoms with Crippen molar-refractivity contribution in [3.05, 3.63) is 11.9 Å². The number of hydrogen-bond acceptors (Lipinski definition) is 5. The average molecular weight is 284 g/mol. The van der Waals surface area contributed by atoms with Crippen LogP contribution in [0.2, 0.25) is 0 Å². The smallest absolute Gasteiger partial charge is 0.358 e. The van der Waals surface area contributed by atoms with Crippen LogP contribution in [0.1, 0.15) is 23.8 Å². The maximum absolute atomic E-state index is 11.4. The summed E-state index contributed by atoms with van der Waals surface area (Å²) in [4.78, 5) is 32.6. The number of carbonyl (C=O) groups excluding carboxylic acids is 2. The van der Waals surface area contributed by atoms with Crippen LogP contribution in [-0.2, 0) is 11.3 Å². The van der Waals surface area contributed by atoms with Crippen molar-refractivity contribution in [3.8, 4) is 0 Å². The minimum Gasteiger partial charge on any atom is -0.476 e. The van der Waals surface area contributed by atoms with Crippen LogP contribution in [0.5, 0.6) is 0 Å². The van der Waals surface area contributed by atoms with Crippen molar-refractivity contribution in [2.45, 2.75) is 25.9 Å². The molecule has 0 saturated carbocycles. The summed E-state index contributed by atoms with van der Waals surface area (Å²) in [6.45, 7) is 2.16. The van der Waals surface area contributed by atoms with Crippen LogP contribution in [0.4, 0.5) is 4.79 Å². The molecule has 1 rings (SSSR count). The van der Waals surface area contributed by atoms with E-state index >= 15 is 0 Å². The average Bonchev–Trinajstić information content (AvgIpc) is 2.76. The van der Waals surface area contributed by atoms with E-state index in [4.69, 9.17) is 10.8 Å². The van der Waals surface area contributed by atoms with E-state index in [1.807, 2.05) is 0 Å². The molecule has 20 heavy (non-hydrogen) atoms. The van der Waals surface area contributed by atoms with Crippen LogP contribution in [0, 0.1) is 0 Å². The normalized spacial score (nSPS) is 11.7. The third-order valence-corrected chi connectivity index (χ3v) is 2.27. The summed E-state index contributed by atoms with van der Waals surface area (Å²) in [5, 5.41) is 20.7.